The molecule has 1 aromatic carbocycles. The average Bonchev–Trinajstić information content (AvgIpc) is 2.15. The predicted molar refractivity (Wildman–Crippen MR) is 52.3 cm³/mol. The van der Waals surface area contributed by atoms with Crippen molar-refractivity contribution in [2.24, 2.45) is 0 Å². The van der Waals surface area contributed by atoms with Crippen LogP contribution in [0.25, 0.3) is 0 Å². The van der Waals surface area contributed by atoms with Gasteiger partial charge in [0.25, 0.3) is 6.43 Å². The van der Waals surface area contributed by atoms with Crippen LogP contribution in [0.3, 0.4) is 0 Å². The lowest BCUT2D eigenvalue weighted by Crippen LogP contribution is -2.12. The Labute approximate surface area is 85.7 Å². The van der Waals surface area contributed by atoms with Crippen LogP contribution >= 0.6 is 0 Å². The first-order valence-electron chi connectivity index (χ1n) is 4.41. The van der Waals surface area contributed by atoms with Crippen LogP contribution < -0.4 is 5.32 Å². The zero-order chi connectivity index (χ0) is 11.3. The number of para-hydroxylation sites is 1. The SMILES string of the molecule is O=C(O)Cc1ccccc1NCC(F)F. The van der Waals surface area contributed by atoms with E-state index in [1.54, 1.807) is 24.3 Å². The normalized spacial score (nSPS) is 10.3. The van der Waals surface area contributed by atoms with Crippen molar-refractivity contribution in [1.29, 1.82) is 0 Å². The number of carboxylic acids is 1. The molecule has 0 amide bonds. The van der Waals surface area contributed by atoms with E-state index in [4.69, 9.17) is 5.11 Å². The summed E-state index contributed by atoms with van der Waals surface area (Å²) in [4.78, 5) is 10.5. The first-order valence-corrected chi connectivity index (χ1v) is 4.41. The minimum absolute atomic E-state index is 0.174. The van der Waals surface area contributed by atoms with E-state index in [0.29, 0.717) is 11.3 Å². The maximum atomic E-state index is 11.9. The van der Waals surface area contributed by atoms with Crippen molar-refractivity contribution in [3.63, 3.8) is 0 Å². The summed E-state index contributed by atoms with van der Waals surface area (Å²) in [6.07, 6.45) is -2.63. The van der Waals surface area contributed by atoms with Crippen LogP contribution in [0, 0.1) is 0 Å². The maximum Gasteiger partial charge on any atom is 0.307 e. The van der Waals surface area contributed by atoms with Gasteiger partial charge < -0.3 is 10.4 Å². The molecule has 0 aliphatic carbocycles. The van der Waals surface area contributed by atoms with Gasteiger partial charge in [0.15, 0.2) is 0 Å². The van der Waals surface area contributed by atoms with Gasteiger partial charge >= 0.3 is 5.97 Å². The largest absolute Gasteiger partial charge is 0.481 e. The number of carbonyl (C=O) groups is 1. The number of carboxylic acid groups (broad SMARTS) is 1. The van der Waals surface area contributed by atoms with Crippen molar-refractivity contribution in [3.8, 4) is 0 Å². The van der Waals surface area contributed by atoms with E-state index in [0.717, 1.165) is 0 Å². The van der Waals surface area contributed by atoms with Gasteiger partial charge in [0.05, 0.1) is 13.0 Å². The molecule has 0 aromatic heterocycles. The number of halogens is 2. The van der Waals surface area contributed by atoms with Gasteiger partial charge in [-0.3, -0.25) is 4.79 Å². The lowest BCUT2D eigenvalue weighted by atomic mass is 10.1. The minimum atomic E-state index is -2.46. The Morgan fingerprint density at radius 3 is 2.67 bits per heavy atom. The van der Waals surface area contributed by atoms with Crippen LogP contribution in [0.4, 0.5) is 14.5 Å². The molecule has 1 rings (SSSR count). The van der Waals surface area contributed by atoms with E-state index in [1.807, 2.05) is 0 Å². The minimum Gasteiger partial charge on any atom is -0.481 e. The molecule has 1 aromatic rings. The number of hydrogen-bond donors (Lipinski definition) is 2. The fourth-order valence-corrected chi connectivity index (χ4v) is 1.20. The summed E-state index contributed by atoms with van der Waals surface area (Å²) in [6, 6.07) is 6.52. The molecule has 82 valence electrons. The topological polar surface area (TPSA) is 49.3 Å². The number of rotatable bonds is 5. The van der Waals surface area contributed by atoms with Gasteiger partial charge in [-0.25, -0.2) is 8.78 Å². The highest BCUT2D eigenvalue weighted by Crippen LogP contribution is 2.15. The maximum absolute atomic E-state index is 11.9. The molecule has 0 fully saturated rings. The number of alkyl halides is 2. The van der Waals surface area contributed by atoms with E-state index in [1.165, 1.54) is 0 Å². The van der Waals surface area contributed by atoms with Crippen molar-refractivity contribution in [3.05, 3.63) is 29.8 Å². The van der Waals surface area contributed by atoms with Crippen LogP contribution in [0.5, 0.6) is 0 Å². The molecular formula is C10H11F2NO2. The zero-order valence-corrected chi connectivity index (χ0v) is 7.91. The number of anilines is 1. The van der Waals surface area contributed by atoms with Gasteiger partial charge in [0, 0.05) is 5.69 Å². The fraction of sp³-hybridized carbons (Fsp3) is 0.300. The number of nitrogens with one attached hydrogen (secondary N) is 1. The van der Waals surface area contributed by atoms with Crippen molar-refractivity contribution in [2.75, 3.05) is 11.9 Å². The Morgan fingerprint density at radius 1 is 1.40 bits per heavy atom. The summed E-state index contributed by atoms with van der Waals surface area (Å²) in [7, 11) is 0. The van der Waals surface area contributed by atoms with Crippen LogP contribution in [-0.2, 0) is 11.2 Å². The van der Waals surface area contributed by atoms with E-state index in [2.05, 4.69) is 5.32 Å². The summed E-state index contributed by atoms with van der Waals surface area (Å²) in [5.41, 5.74) is 0.950. The molecule has 0 unspecified atom stereocenters. The summed E-state index contributed by atoms with van der Waals surface area (Å²) < 4.78 is 23.9. The Kier molecular flexibility index (Phi) is 4.03. The summed E-state index contributed by atoms with van der Waals surface area (Å²) in [5.74, 6) is -0.985. The third kappa shape index (κ3) is 3.93. The third-order valence-corrected chi connectivity index (χ3v) is 1.81. The second-order valence-corrected chi connectivity index (χ2v) is 3.00. The van der Waals surface area contributed by atoms with E-state index < -0.39 is 18.9 Å². The van der Waals surface area contributed by atoms with E-state index >= 15 is 0 Å². The Hall–Kier alpha value is -1.65. The number of aliphatic carboxylic acids is 1. The van der Waals surface area contributed by atoms with Crippen LogP contribution in [-0.4, -0.2) is 24.0 Å². The number of hydrogen-bond acceptors (Lipinski definition) is 2. The van der Waals surface area contributed by atoms with Gasteiger partial charge in [-0.1, -0.05) is 18.2 Å². The third-order valence-electron chi connectivity index (χ3n) is 1.81. The van der Waals surface area contributed by atoms with Crippen LogP contribution in [0.1, 0.15) is 5.56 Å². The highest BCUT2D eigenvalue weighted by Gasteiger charge is 2.07. The zero-order valence-electron chi connectivity index (χ0n) is 7.91. The second-order valence-electron chi connectivity index (χ2n) is 3.00. The number of benzene rings is 1. The molecule has 0 aliphatic rings. The van der Waals surface area contributed by atoms with Crippen molar-refractivity contribution < 1.29 is 18.7 Å². The molecule has 0 radical (unpaired) electrons. The lowest BCUT2D eigenvalue weighted by Gasteiger charge is -2.09. The Morgan fingerprint density at radius 2 is 2.07 bits per heavy atom. The van der Waals surface area contributed by atoms with E-state index in [9.17, 15) is 13.6 Å². The highest BCUT2D eigenvalue weighted by molar-refractivity contribution is 5.73. The van der Waals surface area contributed by atoms with Gasteiger partial charge in [-0.15, -0.1) is 0 Å². The standard InChI is InChI=1S/C10H11F2NO2/c11-9(12)6-13-8-4-2-1-3-7(8)5-10(14)15/h1-4,9,13H,5-6H2,(H,14,15). The molecule has 0 saturated carbocycles. The first kappa shape index (κ1) is 11.4. The Bertz CT molecular complexity index is 342. The molecule has 0 saturated heterocycles. The molecule has 0 spiro atoms. The van der Waals surface area contributed by atoms with E-state index in [-0.39, 0.29) is 6.42 Å². The second kappa shape index (κ2) is 5.29. The monoisotopic (exact) mass is 215 g/mol. The van der Waals surface area contributed by atoms with Gasteiger partial charge in [-0.2, -0.15) is 0 Å². The fourth-order valence-electron chi connectivity index (χ4n) is 1.20. The summed E-state index contributed by atoms with van der Waals surface area (Å²) >= 11 is 0. The van der Waals surface area contributed by atoms with Gasteiger partial charge in [-0.05, 0) is 11.6 Å². The van der Waals surface area contributed by atoms with Crippen molar-refractivity contribution in [1.82, 2.24) is 0 Å². The van der Waals surface area contributed by atoms with Crippen LogP contribution in [0.15, 0.2) is 24.3 Å². The van der Waals surface area contributed by atoms with Crippen LogP contribution in [0.2, 0.25) is 0 Å². The molecule has 15 heavy (non-hydrogen) atoms. The quantitative estimate of drug-likeness (QED) is 0.789. The first-order chi connectivity index (χ1) is 7.09. The molecule has 0 heterocycles. The summed E-state index contributed by atoms with van der Waals surface area (Å²) in [5, 5.41) is 11.1. The molecule has 2 N–H and O–H groups in total. The van der Waals surface area contributed by atoms with Gasteiger partial charge in [0.1, 0.15) is 0 Å². The van der Waals surface area contributed by atoms with Crippen molar-refractivity contribution >= 4 is 11.7 Å². The molecular weight excluding hydrogens is 204 g/mol. The van der Waals surface area contributed by atoms with Gasteiger partial charge in [0.2, 0.25) is 0 Å². The molecule has 0 bridgehead atoms. The Balaban J connectivity index is 2.72. The van der Waals surface area contributed by atoms with Crippen molar-refractivity contribution in [2.45, 2.75) is 12.8 Å². The molecule has 0 aliphatic heterocycles. The smallest absolute Gasteiger partial charge is 0.307 e. The predicted octanol–water partition coefficient (Wildman–Crippen LogP) is 1.99. The highest BCUT2D eigenvalue weighted by atomic mass is 19.3. The molecule has 0 atom stereocenters. The molecule has 5 heteroatoms. The summed E-state index contributed by atoms with van der Waals surface area (Å²) in [6.45, 7) is -0.476. The molecule has 3 nitrogen and oxygen atoms in total. The average molecular weight is 215 g/mol. The lowest BCUT2D eigenvalue weighted by molar-refractivity contribution is -0.136.